The molecule has 1 aromatic carbocycles. The molecule has 90 valence electrons. The van der Waals surface area contributed by atoms with E-state index in [0.29, 0.717) is 5.92 Å². The van der Waals surface area contributed by atoms with Crippen molar-refractivity contribution >= 4 is 16.6 Å². The Balaban J connectivity index is 2.79. The number of anilines is 1. The van der Waals surface area contributed by atoms with E-state index in [1.54, 1.807) is 0 Å². The van der Waals surface area contributed by atoms with Crippen LogP contribution in [0.3, 0.4) is 0 Å². The standard InChI is InChI=1S/C15H20N2/c1-5-11-6-7-13-12(8-11)15(16)14(9(2)3)10(4)17-13/h6-9H,5H2,1-4H3,(H2,16,17). The molecular formula is C15H20N2. The predicted molar refractivity (Wildman–Crippen MR) is 74.4 cm³/mol. The predicted octanol–water partition coefficient (Wildman–Crippen LogP) is 3.81. The first-order chi connectivity index (χ1) is 8.04. The van der Waals surface area contributed by atoms with Gasteiger partial charge < -0.3 is 5.73 Å². The Morgan fingerprint density at radius 1 is 1.29 bits per heavy atom. The van der Waals surface area contributed by atoms with Crippen molar-refractivity contribution in [2.45, 2.75) is 40.0 Å². The smallest absolute Gasteiger partial charge is 0.0726 e. The molecule has 0 amide bonds. The van der Waals surface area contributed by atoms with Crippen LogP contribution in [0.4, 0.5) is 5.69 Å². The van der Waals surface area contributed by atoms with Crippen LogP contribution < -0.4 is 5.73 Å². The van der Waals surface area contributed by atoms with Crippen molar-refractivity contribution < 1.29 is 0 Å². The highest BCUT2D eigenvalue weighted by molar-refractivity contribution is 5.92. The molecule has 0 spiro atoms. The highest BCUT2D eigenvalue weighted by Crippen LogP contribution is 2.31. The number of pyridine rings is 1. The van der Waals surface area contributed by atoms with E-state index in [9.17, 15) is 0 Å². The van der Waals surface area contributed by atoms with E-state index in [4.69, 9.17) is 5.73 Å². The number of fused-ring (bicyclic) bond motifs is 1. The molecule has 0 radical (unpaired) electrons. The average Bonchev–Trinajstić information content (AvgIpc) is 2.28. The van der Waals surface area contributed by atoms with Gasteiger partial charge in [-0.1, -0.05) is 26.8 Å². The Kier molecular flexibility index (Phi) is 3.05. The van der Waals surface area contributed by atoms with E-state index in [2.05, 4.69) is 44.0 Å². The molecule has 0 unspecified atom stereocenters. The van der Waals surface area contributed by atoms with E-state index in [-0.39, 0.29) is 0 Å². The number of nitrogens with zero attached hydrogens (tertiary/aromatic N) is 1. The van der Waals surface area contributed by atoms with E-state index >= 15 is 0 Å². The van der Waals surface area contributed by atoms with Crippen molar-refractivity contribution in [3.63, 3.8) is 0 Å². The second-order valence-corrected chi connectivity index (χ2v) is 4.88. The third-order valence-electron chi connectivity index (χ3n) is 3.30. The normalized spacial score (nSPS) is 11.4. The summed E-state index contributed by atoms with van der Waals surface area (Å²) >= 11 is 0. The lowest BCUT2D eigenvalue weighted by molar-refractivity contribution is 0.851. The zero-order valence-electron chi connectivity index (χ0n) is 11.0. The number of aryl methyl sites for hydroxylation is 2. The Hall–Kier alpha value is -1.57. The van der Waals surface area contributed by atoms with Crippen molar-refractivity contribution in [2.24, 2.45) is 0 Å². The topological polar surface area (TPSA) is 38.9 Å². The van der Waals surface area contributed by atoms with Crippen molar-refractivity contribution in [2.75, 3.05) is 5.73 Å². The van der Waals surface area contributed by atoms with Crippen LogP contribution in [-0.4, -0.2) is 4.98 Å². The second kappa shape index (κ2) is 4.36. The highest BCUT2D eigenvalue weighted by Gasteiger charge is 2.13. The van der Waals surface area contributed by atoms with Gasteiger partial charge in [0.15, 0.2) is 0 Å². The molecule has 0 aliphatic heterocycles. The number of hydrogen-bond acceptors (Lipinski definition) is 2. The SMILES string of the molecule is CCc1ccc2nc(C)c(C(C)C)c(N)c2c1. The summed E-state index contributed by atoms with van der Waals surface area (Å²) in [5.41, 5.74) is 11.8. The molecule has 2 nitrogen and oxygen atoms in total. The van der Waals surface area contributed by atoms with Crippen LogP contribution in [0, 0.1) is 6.92 Å². The van der Waals surface area contributed by atoms with E-state index in [1.165, 1.54) is 11.1 Å². The number of nitrogens with two attached hydrogens (primary N) is 1. The molecule has 1 aromatic heterocycles. The van der Waals surface area contributed by atoms with Crippen LogP contribution in [0.5, 0.6) is 0 Å². The monoisotopic (exact) mass is 228 g/mol. The lowest BCUT2D eigenvalue weighted by Gasteiger charge is -2.15. The average molecular weight is 228 g/mol. The molecule has 1 heterocycles. The van der Waals surface area contributed by atoms with Crippen molar-refractivity contribution in [1.82, 2.24) is 4.98 Å². The fourth-order valence-electron chi connectivity index (χ4n) is 2.43. The number of nitrogen functional groups attached to an aromatic ring is 1. The zero-order valence-corrected chi connectivity index (χ0v) is 11.0. The Bertz CT molecular complexity index is 556. The fraction of sp³-hybridized carbons (Fsp3) is 0.400. The first-order valence-electron chi connectivity index (χ1n) is 6.23. The molecule has 0 fully saturated rings. The van der Waals surface area contributed by atoms with E-state index in [1.807, 2.05) is 6.92 Å². The molecule has 0 aliphatic rings. The molecule has 0 aliphatic carbocycles. The molecule has 0 bridgehead atoms. The quantitative estimate of drug-likeness (QED) is 0.848. The summed E-state index contributed by atoms with van der Waals surface area (Å²) < 4.78 is 0. The van der Waals surface area contributed by atoms with E-state index in [0.717, 1.165) is 28.7 Å². The lowest BCUT2D eigenvalue weighted by atomic mass is 9.96. The molecule has 0 atom stereocenters. The molecule has 2 aromatic rings. The van der Waals surface area contributed by atoms with Gasteiger partial charge in [-0.3, -0.25) is 4.98 Å². The summed E-state index contributed by atoms with van der Waals surface area (Å²) in [6, 6.07) is 6.37. The largest absolute Gasteiger partial charge is 0.398 e. The van der Waals surface area contributed by atoms with Gasteiger partial charge in [0.2, 0.25) is 0 Å². The van der Waals surface area contributed by atoms with Crippen LogP contribution in [0.1, 0.15) is 43.5 Å². The summed E-state index contributed by atoms with van der Waals surface area (Å²) in [5, 5.41) is 1.10. The van der Waals surface area contributed by atoms with Gasteiger partial charge in [-0.15, -0.1) is 0 Å². The maximum absolute atomic E-state index is 6.30. The van der Waals surface area contributed by atoms with Crippen LogP contribution in [-0.2, 0) is 6.42 Å². The Morgan fingerprint density at radius 3 is 2.59 bits per heavy atom. The van der Waals surface area contributed by atoms with Gasteiger partial charge in [0, 0.05) is 16.8 Å². The first-order valence-corrected chi connectivity index (χ1v) is 6.23. The van der Waals surface area contributed by atoms with Gasteiger partial charge in [-0.25, -0.2) is 0 Å². The minimum Gasteiger partial charge on any atom is -0.398 e. The fourth-order valence-corrected chi connectivity index (χ4v) is 2.43. The third-order valence-corrected chi connectivity index (χ3v) is 3.30. The van der Waals surface area contributed by atoms with Gasteiger partial charge >= 0.3 is 0 Å². The first kappa shape index (κ1) is 11.9. The minimum atomic E-state index is 0.414. The number of rotatable bonds is 2. The summed E-state index contributed by atoms with van der Waals surface area (Å²) in [6.45, 7) is 8.52. The summed E-state index contributed by atoms with van der Waals surface area (Å²) in [5.74, 6) is 0.414. The van der Waals surface area contributed by atoms with E-state index < -0.39 is 0 Å². The summed E-state index contributed by atoms with van der Waals surface area (Å²) in [4.78, 5) is 4.65. The second-order valence-electron chi connectivity index (χ2n) is 4.88. The van der Waals surface area contributed by atoms with Gasteiger partial charge in [-0.2, -0.15) is 0 Å². The van der Waals surface area contributed by atoms with Crippen LogP contribution in [0.25, 0.3) is 10.9 Å². The van der Waals surface area contributed by atoms with Gasteiger partial charge in [-0.05, 0) is 42.5 Å². The third kappa shape index (κ3) is 1.99. The van der Waals surface area contributed by atoms with Gasteiger partial charge in [0.25, 0.3) is 0 Å². The molecule has 0 saturated carbocycles. The van der Waals surface area contributed by atoms with Crippen molar-refractivity contribution in [3.05, 3.63) is 35.0 Å². The number of benzene rings is 1. The summed E-state index contributed by atoms with van der Waals surface area (Å²) in [6.07, 6.45) is 1.03. The Morgan fingerprint density at radius 2 is 2.00 bits per heavy atom. The molecule has 2 N–H and O–H groups in total. The molecule has 17 heavy (non-hydrogen) atoms. The molecule has 2 heteroatoms. The maximum atomic E-state index is 6.30. The molecule has 0 saturated heterocycles. The van der Waals surface area contributed by atoms with Gasteiger partial charge in [0.05, 0.1) is 5.52 Å². The van der Waals surface area contributed by atoms with Crippen LogP contribution in [0.15, 0.2) is 18.2 Å². The van der Waals surface area contributed by atoms with Crippen LogP contribution >= 0.6 is 0 Å². The lowest BCUT2D eigenvalue weighted by Crippen LogP contribution is -2.03. The number of hydrogen-bond donors (Lipinski definition) is 1. The van der Waals surface area contributed by atoms with Crippen molar-refractivity contribution in [1.29, 1.82) is 0 Å². The molecular weight excluding hydrogens is 208 g/mol. The summed E-state index contributed by atoms with van der Waals surface area (Å²) in [7, 11) is 0. The Labute approximate surface area is 103 Å². The van der Waals surface area contributed by atoms with Crippen molar-refractivity contribution in [3.8, 4) is 0 Å². The minimum absolute atomic E-state index is 0.414. The zero-order chi connectivity index (χ0) is 12.6. The van der Waals surface area contributed by atoms with Crippen LogP contribution in [0.2, 0.25) is 0 Å². The van der Waals surface area contributed by atoms with Gasteiger partial charge in [0.1, 0.15) is 0 Å². The maximum Gasteiger partial charge on any atom is 0.0726 e. The molecule has 2 rings (SSSR count). The highest BCUT2D eigenvalue weighted by atomic mass is 14.7. The number of aromatic nitrogens is 1.